The lowest BCUT2D eigenvalue weighted by molar-refractivity contribution is -0.134. The van der Waals surface area contributed by atoms with Crippen LogP contribution in [-0.2, 0) is 22.4 Å². The lowest BCUT2D eigenvalue weighted by atomic mass is 9.86. The lowest BCUT2D eigenvalue weighted by Gasteiger charge is -2.33. The number of benzene rings is 1. The number of carbonyl (C=O) groups excluding carboxylic acids is 2. The standard InChI is InChI=1S/C25H38N2O2/c1-26(2)24(28)13-12-20-8-10-22(11-9-20)18-23-14-16-27(17-15-23)25(29)19-21-6-4-3-5-7-21/h8-11,21,23H,3-7,12-19H2,1-2H3. The van der Waals surface area contributed by atoms with Crippen molar-refractivity contribution < 1.29 is 9.59 Å². The van der Waals surface area contributed by atoms with Crippen LogP contribution in [0.4, 0.5) is 0 Å². The number of amides is 2. The maximum Gasteiger partial charge on any atom is 0.222 e. The van der Waals surface area contributed by atoms with Crippen molar-refractivity contribution in [1.29, 1.82) is 0 Å². The molecule has 2 aliphatic rings. The van der Waals surface area contributed by atoms with Crippen LogP contribution >= 0.6 is 0 Å². The third kappa shape index (κ3) is 6.87. The van der Waals surface area contributed by atoms with Gasteiger partial charge in [0.15, 0.2) is 0 Å². The minimum atomic E-state index is 0.180. The summed E-state index contributed by atoms with van der Waals surface area (Å²) in [5.41, 5.74) is 2.60. The molecule has 2 amide bonds. The van der Waals surface area contributed by atoms with E-state index in [4.69, 9.17) is 0 Å². The zero-order valence-corrected chi connectivity index (χ0v) is 18.4. The van der Waals surface area contributed by atoms with Crippen LogP contribution in [0.1, 0.15) is 68.9 Å². The highest BCUT2D eigenvalue weighted by Crippen LogP contribution is 2.28. The molecule has 1 saturated carbocycles. The molecule has 0 aromatic heterocycles. The number of carbonyl (C=O) groups is 2. The first kappa shape index (κ1) is 21.9. The Morgan fingerprint density at radius 2 is 1.52 bits per heavy atom. The lowest BCUT2D eigenvalue weighted by Crippen LogP contribution is -2.39. The highest BCUT2D eigenvalue weighted by Gasteiger charge is 2.25. The number of likely N-dealkylation sites (tertiary alicyclic amines) is 1. The normalized spacial score (nSPS) is 18.6. The van der Waals surface area contributed by atoms with Gasteiger partial charge in [-0.2, -0.15) is 0 Å². The van der Waals surface area contributed by atoms with E-state index in [2.05, 4.69) is 29.2 Å². The molecule has 2 fully saturated rings. The summed E-state index contributed by atoms with van der Waals surface area (Å²) >= 11 is 0. The SMILES string of the molecule is CN(C)C(=O)CCc1ccc(CC2CCN(C(=O)CC3CCCCC3)CC2)cc1. The smallest absolute Gasteiger partial charge is 0.222 e. The van der Waals surface area contributed by atoms with Gasteiger partial charge >= 0.3 is 0 Å². The van der Waals surface area contributed by atoms with E-state index in [1.54, 1.807) is 19.0 Å². The van der Waals surface area contributed by atoms with E-state index in [1.807, 2.05) is 0 Å². The van der Waals surface area contributed by atoms with Gasteiger partial charge < -0.3 is 9.80 Å². The van der Waals surface area contributed by atoms with Gasteiger partial charge in [-0.3, -0.25) is 9.59 Å². The van der Waals surface area contributed by atoms with Crippen LogP contribution in [-0.4, -0.2) is 48.8 Å². The first-order valence-corrected chi connectivity index (χ1v) is 11.6. The summed E-state index contributed by atoms with van der Waals surface area (Å²) in [4.78, 5) is 28.1. The van der Waals surface area contributed by atoms with Crippen LogP contribution in [0.5, 0.6) is 0 Å². The summed E-state index contributed by atoms with van der Waals surface area (Å²) < 4.78 is 0. The molecule has 0 bridgehead atoms. The molecule has 1 aliphatic heterocycles. The van der Waals surface area contributed by atoms with Crippen LogP contribution in [0.2, 0.25) is 0 Å². The largest absolute Gasteiger partial charge is 0.349 e. The molecule has 1 heterocycles. The first-order valence-electron chi connectivity index (χ1n) is 11.6. The van der Waals surface area contributed by atoms with Crippen molar-refractivity contribution in [2.75, 3.05) is 27.2 Å². The van der Waals surface area contributed by atoms with Crippen LogP contribution in [0.15, 0.2) is 24.3 Å². The van der Waals surface area contributed by atoms with Gasteiger partial charge in [-0.1, -0.05) is 43.5 Å². The van der Waals surface area contributed by atoms with Gasteiger partial charge in [0, 0.05) is 40.0 Å². The molecule has 1 aliphatic carbocycles. The molecule has 0 radical (unpaired) electrons. The van der Waals surface area contributed by atoms with Gasteiger partial charge in [0.1, 0.15) is 0 Å². The maximum atomic E-state index is 12.6. The fraction of sp³-hybridized carbons (Fsp3) is 0.680. The van der Waals surface area contributed by atoms with E-state index in [0.717, 1.165) is 45.2 Å². The van der Waals surface area contributed by atoms with Crippen molar-refractivity contribution in [2.24, 2.45) is 11.8 Å². The topological polar surface area (TPSA) is 40.6 Å². The van der Waals surface area contributed by atoms with E-state index in [1.165, 1.54) is 43.2 Å². The minimum Gasteiger partial charge on any atom is -0.349 e. The molecule has 0 unspecified atom stereocenters. The van der Waals surface area contributed by atoms with Gasteiger partial charge in [-0.15, -0.1) is 0 Å². The second-order valence-electron chi connectivity index (χ2n) is 9.34. The third-order valence-electron chi connectivity index (χ3n) is 6.83. The monoisotopic (exact) mass is 398 g/mol. The van der Waals surface area contributed by atoms with E-state index < -0.39 is 0 Å². The molecule has 4 nitrogen and oxygen atoms in total. The fourth-order valence-electron chi connectivity index (χ4n) is 4.80. The molecule has 29 heavy (non-hydrogen) atoms. The molecule has 0 spiro atoms. The average molecular weight is 399 g/mol. The second kappa shape index (κ2) is 10.8. The molecular weight excluding hydrogens is 360 g/mol. The Balaban J connectivity index is 1.38. The highest BCUT2D eigenvalue weighted by atomic mass is 16.2. The fourth-order valence-corrected chi connectivity index (χ4v) is 4.80. The van der Waals surface area contributed by atoms with E-state index in [9.17, 15) is 9.59 Å². The van der Waals surface area contributed by atoms with Crippen molar-refractivity contribution in [1.82, 2.24) is 9.80 Å². The second-order valence-corrected chi connectivity index (χ2v) is 9.34. The Bertz CT molecular complexity index is 654. The Kier molecular flexibility index (Phi) is 8.14. The number of hydrogen-bond donors (Lipinski definition) is 0. The Hall–Kier alpha value is -1.84. The van der Waals surface area contributed by atoms with Crippen LogP contribution in [0, 0.1) is 11.8 Å². The quantitative estimate of drug-likeness (QED) is 0.680. The molecule has 4 heteroatoms. The molecule has 0 atom stereocenters. The Labute approximate surface area is 176 Å². The van der Waals surface area contributed by atoms with Gasteiger partial charge in [-0.05, 0) is 61.5 Å². The summed E-state index contributed by atoms with van der Waals surface area (Å²) in [6.45, 7) is 1.86. The van der Waals surface area contributed by atoms with Crippen molar-refractivity contribution in [3.63, 3.8) is 0 Å². The molecule has 1 saturated heterocycles. The van der Waals surface area contributed by atoms with Crippen LogP contribution in [0.25, 0.3) is 0 Å². The Morgan fingerprint density at radius 3 is 2.14 bits per heavy atom. The summed E-state index contributed by atoms with van der Waals surface area (Å²) in [5.74, 6) is 1.89. The molecule has 0 N–H and O–H groups in total. The molecule has 1 aromatic carbocycles. The predicted molar refractivity (Wildman–Crippen MR) is 118 cm³/mol. The van der Waals surface area contributed by atoms with Crippen LogP contribution in [0.3, 0.4) is 0 Å². The third-order valence-corrected chi connectivity index (χ3v) is 6.83. The van der Waals surface area contributed by atoms with Crippen molar-refractivity contribution >= 4 is 11.8 Å². The zero-order valence-electron chi connectivity index (χ0n) is 18.4. The average Bonchev–Trinajstić information content (AvgIpc) is 2.74. The highest BCUT2D eigenvalue weighted by molar-refractivity contribution is 5.76. The van der Waals surface area contributed by atoms with E-state index in [0.29, 0.717) is 24.2 Å². The van der Waals surface area contributed by atoms with E-state index >= 15 is 0 Å². The van der Waals surface area contributed by atoms with E-state index in [-0.39, 0.29) is 5.91 Å². The summed E-state index contributed by atoms with van der Waals surface area (Å²) in [6, 6.07) is 8.77. The molecule has 3 rings (SSSR count). The molecule has 1 aromatic rings. The van der Waals surface area contributed by atoms with Crippen molar-refractivity contribution in [2.45, 2.75) is 70.6 Å². The van der Waals surface area contributed by atoms with Crippen molar-refractivity contribution in [3.8, 4) is 0 Å². The van der Waals surface area contributed by atoms with Gasteiger partial charge in [0.2, 0.25) is 11.8 Å². The number of nitrogens with zero attached hydrogens (tertiary/aromatic N) is 2. The zero-order chi connectivity index (χ0) is 20.6. The molecule has 160 valence electrons. The summed E-state index contributed by atoms with van der Waals surface area (Å²) in [6.07, 6.45) is 12.0. The van der Waals surface area contributed by atoms with Crippen LogP contribution < -0.4 is 0 Å². The van der Waals surface area contributed by atoms with Gasteiger partial charge in [0.05, 0.1) is 0 Å². The number of aryl methyl sites for hydroxylation is 1. The number of hydrogen-bond acceptors (Lipinski definition) is 2. The number of rotatable bonds is 7. The maximum absolute atomic E-state index is 12.6. The van der Waals surface area contributed by atoms with Crippen molar-refractivity contribution in [3.05, 3.63) is 35.4 Å². The number of piperidine rings is 1. The summed E-state index contributed by atoms with van der Waals surface area (Å²) in [7, 11) is 3.61. The molecular formula is C25H38N2O2. The van der Waals surface area contributed by atoms with Gasteiger partial charge in [0.25, 0.3) is 0 Å². The predicted octanol–water partition coefficient (Wildman–Crippen LogP) is 4.46. The first-order chi connectivity index (χ1) is 14.0. The minimum absolute atomic E-state index is 0.180. The van der Waals surface area contributed by atoms with Gasteiger partial charge in [-0.25, -0.2) is 0 Å². The summed E-state index contributed by atoms with van der Waals surface area (Å²) in [5, 5.41) is 0. The Morgan fingerprint density at radius 1 is 0.897 bits per heavy atom.